The number of nitrogens with zero attached hydrogens (tertiary/aromatic N) is 1. The minimum atomic E-state index is -0.559. The Bertz CT molecular complexity index is 1090. The van der Waals surface area contributed by atoms with E-state index in [4.69, 9.17) is 28.4 Å². The summed E-state index contributed by atoms with van der Waals surface area (Å²) >= 11 is 0. The number of hydrogen-bond donors (Lipinski definition) is 0. The molecular formula is C39H67NO9. The van der Waals surface area contributed by atoms with Crippen LogP contribution in [0.25, 0.3) is 0 Å². The third-order valence-corrected chi connectivity index (χ3v) is 11.5. The fraction of sp³-hybridized carbons (Fsp3) is 0.923. The van der Waals surface area contributed by atoms with E-state index in [1.165, 1.54) is 0 Å². The Hall–Kier alpha value is -1.91. The quantitative estimate of drug-likeness (QED) is 0.178. The second-order valence-electron chi connectivity index (χ2n) is 16.6. The van der Waals surface area contributed by atoms with Gasteiger partial charge in [0.25, 0.3) is 0 Å². The lowest BCUT2D eigenvalue weighted by atomic mass is 9.84. The van der Waals surface area contributed by atoms with E-state index < -0.39 is 17.6 Å². The molecule has 4 saturated heterocycles. The van der Waals surface area contributed by atoms with Gasteiger partial charge in [-0.05, 0) is 92.4 Å². The van der Waals surface area contributed by atoms with Crippen LogP contribution < -0.4 is 0 Å². The standard InChI is InChI=1S/C39H67NO9/c1-11-13-27(40(10)38(43)49-39(7,8)9)21-29-15-17-31(44-29)23(3)35-24(4)32-19-20-34(47-32)26(6)36(41)46-28(14-12-2)22-30-16-18-33(45-30)25(5)37(42)48-35/h23-35H,11-22H2,1-10H3/t23-,24+,25+,26-,27-,28+,29+,30+,31-,32+,33-,34-,35+/m1/s1. The molecule has 10 nitrogen and oxygen atoms in total. The largest absolute Gasteiger partial charge is 0.462 e. The van der Waals surface area contributed by atoms with Gasteiger partial charge in [-0.25, -0.2) is 4.79 Å². The molecule has 0 radical (unpaired) electrons. The van der Waals surface area contributed by atoms with Crippen molar-refractivity contribution in [1.29, 1.82) is 0 Å². The minimum absolute atomic E-state index is 0.00383. The second-order valence-corrected chi connectivity index (χ2v) is 16.6. The molecule has 0 spiro atoms. The predicted molar refractivity (Wildman–Crippen MR) is 187 cm³/mol. The number of fused-ring (bicyclic) bond motifs is 4. The zero-order chi connectivity index (χ0) is 36.0. The first-order valence-corrected chi connectivity index (χ1v) is 19.4. The number of esters is 2. The van der Waals surface area contributed by atoms with Crippen molar-refractivity contribution in [2.45, 2.75) is 200 Å². The molecule has 0 aromatic rings. The van der Waals surface area contributed by atoms with Crippen LogP contribution in [0.1, 0.15) is 139 Å². The zero-order valence-corrected chi connectivity index (χ0v) is 32.1. The summed E-state index contributed by atoms with van der Waals surface area (Å²) < 4.78 is 38.0. The first-order chi connectivity index (χ1) is 23.1. The Morgan fingerprint density at radius 2 is 1.47 bits per heavy atom. The Kier molecular flexibility index (Phi) is 14.3. The highest BCUT2D eigenvalue weighted by Crippen LogP contribution is 2.40. The van der Waals surface area contributed by atoms with Gasteiger partial charge in [-0.2, -0.15) is 0 Å². The van der Waals surface area contributed by atoms with Crippen molar-refractivity contribution < 1.29 is 42.8 Å². The highest BCUT2D eigenvalue weighted by atomic mass is 16.6. The number of carbonyl (C=O) groups is 3. The first kappa shape index (κ1) is 39.9. The van der Waals surface area contributed by atoms with E-state index in [2.05, 4.69) is 27.7 Å². The van der Waals surface area contributed by atoms with Gasteiger partial charge in [-0.3, -0.25) is 9.59 Å². The molecule has 10 heteroatoms. The Labute approximate surface area is 296 Å². The molecule has 0 N–H and O–H groups in total. The van der Waals surface area contributed by atoms with Crippen molar-refractivity contribution >= 4 is 18.0 Å². The van der Waals surface area contributed by atoms with Crippen LogP contribution in [0.3, 0.4) is 0 Å². The highest BCUT2D eigenvalue weighted by molar-refractivity contribution is 5.73. The SMILES string of the molecule is CCC[C@H]1C[C@@H]2CC[C@@H](O2)[C@H](C)C(=O)O[C@@H]([C@H](C)[C@H]2CC[C@@H](C[C@@H](CCC)N(C)C(=O)OC(C)(C)C)O2)[C@@H](C)[C@@H]2CC[C@@H](O2)[C@@H](C)C(=O)O1. The van der Waals surface area contributed by atoms with Gasteiger partial charge in [0.2, 0.25) is 0 Å². The fourth-order valence-electron chi connectivity index (χ4n) is 8.37. The number of cyclic esters (lactones) is 2. The van der Waals surface area contributed by atoms with Gasteiger partial charge in [0, 0.05) is 31.3 Å². The summed E-state index contributed by atoms with van der Waals surface area (Å²) in [6.45, 7) is 17.9. The van der Waals surface area contributed by atoms with Crippen LogP contribution in [0.15, 0.2) is 0 Å². The molecule has 282 valence electrons. The molecule has 4 aliphatic heterocycles. The summed E-state index contributed by atoms with van der Waals surface area (Å²) in [5.74, 6) is -1.43. The summed E-state index contributed by atoms with van der Waals surface area (Å²) in [5, 5.41) is 0. The minimum Gasteiger partial charge on any atom is -0.462 e. The molecule has 0 saturated carbocycles. The topological polar surface area (TPSA) is 110 Å². The van der Waals surface area contributed by atoms with Crippen LogP contribution in [0.5, 0.6) is 0 Å². The number of ether oxygens (including phenoxy) is 6. The molecule has 0 unspecified atom stereocenters. The van der Waals surface area contributed by atoms with E-state index in [0.29, 0.717) is 6.42 Å². The number of amides is 1. The maximum atomic E-state index is 13.9. The molecular weight excluding hydrogens is 626 g/mol. The summed E-state index contributed by atoms with van der Waals surface area (Å²) in [6.07, 6.45) is 8.02. The molecule has 0 aromatic heterocycles. The van der Waals surface area contributed by atoms with Crippen LogP contribution in [0.2, 0.25) is 0 Å². The molecule has 4 rings (SSSR count). The summed E-state index contributed by atoms with van der Waals surface area (Å²) in [4.78, 5) is 41.8. The molecule has 1 amide bonds. The summed E-state index contributed by atoms with van der Waals surface area (Å²) in [7, 11) is 1.82. The van der Waals surface area contributed by atoms with Gasteiger partial charge >= 0.3 is 18.0 Å². The Morgan fingerprint density at radius 3 is 2.12 bits per heavy atom. The molecule has 4 aliphatic rings. The van der Waals surface area contributed by atoms with E-state index in [-0.39, 0.29) is 84.6 Å². The lowest BCUT2D eigenvalue weighted by molar-refractivity contribution is -0.175. The van der Waals surface area contributed by atoms with Crippen LogP contribution in [0.4, 0.5) is 4.79 Å². The number of rotatable bonds is 9. The van der Waals surface area contributed by atoms with E-state index >= 15 is 0 Å². The lowest BCUT2D eigenvalue weighted by Crippen LogP contribution is -2.45. The monoisotopic (exact) mass is 693 g/mol. The average Bonchev–Trinajstić information content (AvgIpc) is 3.82. The van der Waals surface area contributed by atoms with Crippen LogP contribution in [-0.4, -0.2) is 90.5 Å². The van der Waals surface area contributed by atoms with Crippen LogP contribution in [0, 0.1) is 23.7 Å². The van der Waals surface area contributed by atoms with Gasteiger partial charge in [0.1, 0.15) is 17.8 Å². The van der Waals surface area contributed by atoms with Crippen molar-refractivity contribution in [1.82, 2.24) is 4.90 Å². The van der Waals surface area contributed by atoms with E-state index in [1.807, 2.05) is 41.7 Å². The van der Waals surface area contributed by atoms with Gasteiger partial charge in [0.05, 0.1) is 48.5 Å². The zero-order valence-electron chi connectivity index (χ0n) is 32.1. The average molecular weight is 694 g/mol. The molecule has 0 aromatic carbocycles. The summed E-state index contributed by atoms with van der Waals surface area (Å²) in [6, 6.07) is 0.00383. The van der Waals surface area contributed by atoms with Crippen LogP contribution >= 0.6 is 0 Å². The Morgan fingerprint density at radius 1 is 0.837 bits per heavy atom. The third-order valence-electron chi connectivity index (χ3n) is 11.5. The number of carbonyl (C=O) groups excluding carboxylic acids is 3. The molecule has 49 heavy (non-hydrogen) atoms. The highest BCUT2D eigenvalue weighted by Gasteiger charge is 2.46. The van der Waals surface area contributed by atoms with Gasteiger partial charge < -0.3 is 33.3 Å². The molecule has 4 fully saturated rings. The predicted octanol–water partition coefficient (Wildman–Crippen LogP) is 7.63. The van der Waals surface area contributed by atoms with Gasteiger partial charge in [-0.15, -0.1) is 0 Å². The second kappa shape index (κ2) is 17.5. The molecule has 0 aliphatic carbocycles. The van der Waals surface area contributed by atoms with E-state index in [1.54, 1.807) is 4.90 Å². The fourth-order valence-corrected chi connectivity index (χ4v) is 8.37. The molecule has 4 bridgehead atoms. The Balaban J connectivity index is 1.49. The van der Waals surface area contributed by atoms with E-state index in [9.17, 15) is 14.4 Å². The van der Waals surface area contributed by atoms with Crippen molar-refractivity contribution in [2.24, 2.45) is 23.7 Å². The normalized spacial score (nSPS) is 37.3. The van der Waals surface area contributed by atoms with Crippen LogP contribution in [-0.2, 0) is 38.0 Å². The van der Waals surface area contributed by atoms with Crippen molar-refractivity contribution in [2.75, 3.05) is 7.05 Å². The van der Waals surface area contributed by atoms with Crippen molar-refractivity contribution in [3.05, 3.63) is 0 Å². The lowest BCUT2D eigenvalue weighted by Gasteiger charge is -2.37. The maximum Gasteiger partial charge on any atom is 0.410 e. The summed E-state index contributed by atoms with van der Waals surface area (Å²) in [5.41, 5.74) is -0.559. The maximum absolute atomic E-state index is 13.9. The third kappa shape index (κ3) is 10.6. The first-order valence-electron chi connectivity index (χ1n) is 19.4. The van der Waals surface area contributed by atoms with Crippen molar-refractivity contribution in [3.8, 4) is 0 Å². The van der Waals surface area contributed by atoms with Gasteiger partial charge in [0.15, 0.2) is 0 Å². The van der Waals surface area contributed by atoms with E-state index in [0.717, 1.165) is 70.6 Å². The van der Waals surface area contributed by atoms with Gasteiger partial charge in [-0.1, -0.05) is 40.5 Å². The molecule has 4 heterocycles. The van der Waals surface area contributed by atoms with Crippen molar-refractivity contribution in [3.63, 3.8) is 0 Å². The molecule has 13 atom stereocenters. The smallest absolute Gasteiger partial charge is 0.410 e. The number of hydrogen-bond acceptors (Lipinski definition) is 9.